The number of nitrogens with one attached hydrogen (secondary N) is 2. The van der Waals surface area contributed by atoms with Gasteiger partial charge in [0, 0.05) is 16.3 Å². The molecule has 0 saturated carbocycles. The zero-order valence-electron chi connectivity index (χ0n) is 13.1. The molecule has 1 heterocycles. The molecule has 0 spiro atoms. The standard InChI is InChI=1S/C15H17ClN2O3S3/c1-10-3-4-11(7-13(10)24(20,21)17-2)18-15(19)9-22-8-12-5-6-14(16)23-12/h3-7,17H,8-9H2,1-2H3,(H,18,19). The van der Waals surface area contributed by atoms with Crippen molar-refractivity contribution >= 4 is 56.3 Å². The Hall–Kier alpha value is -1.06. The fourth-order valence-electron chi connectivity index (χ4n) is 1.95. The summed E-state index contributed by atoms with van der Waals surface area (Å²) in [6.07, 6.45) is 0. The van der Waals surface area contributed by atoms with E-state index in [1.54, 1.807) is 19.1 Å². The second kappa shape index (κ2) is 8.35. The molecule has 1 amide bonds. The number of hydrogen-bond acceptors (Lipinski definition) is 5. The maximum atomic E-state index is 12.0. The Kier molecular flexibility index (Phi) is 6.70. The molecule has 0 atom stereocenters. The SMILES string of the molecule is CNS(=O)(=O)c1cc(NC(=O)CSCc2ccc(Cl)s2)ccc1C. The summed E-state index contributed by atoms with van der Waals surface area (Å²) < 4.78 is 26.9. The van der Waals surface area contributed by atoms with Gasteiger partial charge in [0.25, 0.3) is 0 Å². The van der Waals surface area contributed by atoms with Crippen molar-refractivity contribution in [1.29, 1.82) is 0 Å². The van der Waals surface area contributed by atoms with E-state index in [0.29, 0.717) is 17.0 Å². The normalized spacial score (nSPS) is 11.5. The lowest BCUT2D eigenvalue weighted by Gasteiger charge is -2.10. The third kappa shape index (κ3) is 5.22. The lowest BCUT2D eigenvalue weighted by molar-refractivity contribution is -0.113. The van der Waals surface area contributed by atoms with Crippen LogP contribution in [-0.4, -0.2) is 27.1 Å². The van der Waals surface area contributed by atoms with Crippen molar-refractivity contribution in [3.63, 3.8) is 0 Å². The molecule has 5 nitrogen and oxygen atoms in total. The van der Waals surface area contributed by atoms with Crippen LogP contribution in [0.5, 0.6) is 0 Å². The Balaban J connectivity index is 1.95. The molecule has 0 fully saturated rings. The number of carbonyl (C=O) groups excluding carboxylic acids is 1. The van der Waals surface area contributed by atoms with Crippen molar-refractivity contribution in [2.24, 2.45) is 0 Å². The van der Waals surface area contributed by atoms with E-state index >= 15 is 0 Å². The molecule has 1 aromatic carbocycles. The van der Waals surface area contributed by atoms with Crippen molar-refractivity contribution < 1.29 is 13.2 Å². The second-order valence-corrected chi connectivity index (χ2v) is 9.57. The quantitative estimate of drug-likeness (QED) is 0.740. The van der Waals surface area contributed by atoms with Crippen LogP contribution in [0.1, 0.15) is 10.4 Å². The molecule has 0 saturated heterocycles. The van der Waals surface area contributed by atoms with Gasteiger partial charge in [-0.1, -0.05) is 17.7 Å². The van der Waals surface area contributed by atoms with Crippen molar-refractivity contribution in [3.05, 3.63) is 45.1 Å². The molecule has 130 valence electrons. The van der Waals surface area contributed by atoms with Crippen molar-refractivity contribution in [1.82, 2.24) is 4.72 Å². The number of hydrogen-bond donors (Lipinski definition) is 2. The summed E-state index contributed by atoms with van der Waals surface area (Å²) in [5.41, 5.74) is 1.07. The van der Waals surface area contributed by atoms with Crippen LogP contribution in [0.25, 0.3) is 0 Å². The molecule has 0 radical (unpaired) electrons. The number of rotatable bonds is 7. The Morgan fingerprint density at radius 3 is 2.67 bits per heavy atom. The van der Waals surface area contributed by atoms with Gasteiger partial charge in [-0.3, -0.25) is 4.79 Å². The van der Waals surface area contributed by atoms with Crippen LogP contribution in [-0.2, 0) is 20.6 Å². The minimum atomic E-state index is -3.56. The number of thiophene rings is 1. The number of benzene rings is 1. The Morgan fingerprint density at radius 1 is 1.29 bits per heavy atom. The summed E-state index contributed by atoms with van der Waals surface area (Å²) in [7, 11) is -2.20. The number of amides is 1. The topological polar surface area (TPSA) is 75.3 Å². The average Bonchev–Trinajstić information content (AvgIpc) is 2.94. The summed E-state index contributed by atoms with van der Waals surface area (Å²) in [4.78, 5) is 13.3. The number of carbonyl (C=O) groups is 1. The fourth-order valence-corrected chi connectivity index (χ4v) is 4.97. The smallest absolute Gasteiger partial charge is 0.240 e. The molecule has 2 N–H and O–H groups in total. The van der Waals surface area contributed by atoms with E-state index in [0.717, 1.165) is 9.21 Å². The number of halogens is 1. The second-order valence-electron chi connectivity index (χ2n) is 4.93. The van der Waals surface area contributed by atoms with Crippen LogP contribution in [0.3, 0.4) is 0 Å². The van der Waals surface area contributed by atoms with Crippen LogP contribution >= 0.6 is 34.7 Å². The summed E-state index contributed by atoms with van der Waals surface area (Å²) in [5, 5.41) is 2.72. The first-order chi connectivity index (χ1) is 11.3. The highest BCUT2D eigenvalue weighted by Crippen LogP contribution is 2.25. The lowest BCUT2D eigenvalue weighted by atomic mass is 10.2. The number of sulfonamides is 1. The molecule has 0 aliphatic heterocycles. The summed E-state index contributed by atoms with van der Waals surface area (Å²) in [6.45, 7) is 1.71. The summed E-state index contributed by atoms with van der Waals surface area (Å²) >= 11 is 8.83. The van der Waals surface area contributed by atoms with E-state index in [4.69, 9.17) is 11.6 Å². The highest BCUT2D eigenvalue weighted by molar-refractivity contribution is 7.99. The number of anilines is 1. The van der Waals surface area contributed by atoms with Crippen molar-refractivity contribution in [3.8, 4) is 0 Å². The van der Waals surface area contributed by atoms with E-state index in [-0.39, 0.29) is 16.6 Å². The molecule has 9 heteroatoms. The fraction of sp³-hybridized carbons (Fsp3) is 0.267. The van der Waals surface area contributed by atoms with E-state index in [9.17, 15) is 13.2 Å². The minimum absolute atomic E-state index is 0.156. The lowest BCUT2D eigenvalue weighted by Crippen LogP contribution is -2.20. The minimum Gasteiger partial charge on any atom is -0.325 e. The van der Waals surface area contributed by atoms with Gasteiger partial charge in [-0.2, -0.15) is 0 Å². The molecule has 24 heavy (non-hydrogen) atoms. The third-order valence-electron chi connectivity index (χ3n) is 3.14. The number of thioether (sulfide) groups is 1. The molecule has 0 unspecified atom stereocenters. The first kappa shape index (κ1) is 19.3. The Morgan fingerprint density at radius 2 is 2.04 bits per heavy atom. The van der Waals surface area contributed by atoms with Gasteiger partial charge in [0.05, 0.1) is 15.0 Å². The molecule has 0 aliphatic rings. The van der Waals surface area contributed by atoms with Crippen LogP contribution in [0.4, 0.5) is 5.69 Å². The molecular weight excluding hydrogens is 388 g/mol. The monoisotopic (exact) mass is 404 g/mol. The zero-order valence-corrected chi connectivity index (χ0v) is 16.3. The predicted octanol–water partition coefficient (Wildman–Crippen LogP) is 3.49. The number of aryl methyl sites for hydroxylation is 1. The molecular formula is C15H17ClN2O3S3. The van der Waals surface area contributed by atoms with E-state index in [2.05, 4.69) is 10.0 Å². The molecule has 1 aromatic heterocycles. The van der Waals surface area contributed by atoms with E-state index in [1.165, 1.54) is 36.2 Å². The maximum absolute atomic E-state index is 12.0. The molecule has 2 aromatic rings. The largest absolute Gasteiger partial charge is 0.325 e. The van der Waals surface area contributed by atoms with Gasteiger partial charge in [-0.05, 0) is 43.8 Å². The maximum Gasteiger partial charge on any atom is 0.240 e. The zero-order chi connectivity index (χ0) is 17.7. The van der Waals surface area contributed by atoms with Gasteiger partial charge in [0.1, 0.15) is 0 Å². The third-order valence-corrected chi connectivity index (χ3v) is 7.09. The van der Waals surface area contributed by atoms with Crippen LogP contribution in [0.15, 0.2) is 35.2 Å². The van der Waals surface area contributed by atoms with Crippen LogP contribution in [0, 0.1) is 6.92 Å². The highest BCUT2D eigenvalue weighted by atomic mass is 35.5. The van der Waals surface area contributed by atoms with E-state index in [1.807, 2.05) is 12.1 Å². The first-order valence-corrected chi connectivity index (χ1v) is 10.8. The van der Waals surface area contributed by atoms with Crippen LogP contribution in [0.2, 0.25) is 4.34 Å². The van der Waals surface area contributed by atoms with Gasteiger partial charge < -0.3 is 5.32 Å². The molecule has 2 rings (SSSR count). The highest BCUT2D eigenvalue weighted by Gasteiger charge is 2.15. The van der Waals surface area contributed by atoms with Gasteiger partial charge in [-0.15, -0.1) is 23.1 Å². The summed E-state index contributed by atoms with van der Waals surface area (Å²) in [6, 6.07) is 8.58. The molecule has 0 bridgehead atoms. The van der Waals surface area contributed by atoms with Gasteiger partial charge in [-0.25, -0.2) is 13.1 Å². The van der Waals surface area contributed by atoms with Crippen LogP contribution < -0.4 is 10.0 Å². The van der Waals surface area contributed by atoms with Gasteiger partial charge >= 0.3 is 0 Å². The van der Waals surface area contributed by atoms with Crippen molar-refractivity contribution in [2.75, 3.05) is 18.1 Å². The first-order valence-electron chi connectivity index (χ1n) is 6.98. The average molecular weight is 405 g/mol. The van der Waals surface area contributed by atoms with Gasteiger partial charge in [0.2, 0.25) is 15.9 Å². The Labute approximate surface area is 154 Å². The predicted molar refractivity (Wildman–Crippen MR) is 102 cm³/mol. The van der Waals surface area contributed by atoms with Gasteiger partial charge in [0.15, 0.2) is 0 Å². The Bertz CT molecular complexity index is 834. The van der Waals surface area contributed by atoms with Crippen molar-refractivity contribution in [2.45, 2.75) is 17.6 Å². The van der Waals surface area contributed by atoms with E-state index < -0.39 is 10.0 Å². The molecule has 0 aliphatic carbocycles. The summed E-state index contributed by atoms with van der Waals surface area (Å²) in [5.74, 6) is 0.801.